The van der Waals surface area contributed by atoms with E-state index >= 15 is 0 Å². The van der Waals surface area contributed by atoms with Crippen LogP contribution in [-0.4, -0.2) is 31.6 Å². The molecule has 0 bridgehead atoms. The molecule has 1 heterocycles. The minimum atomic E-state index is -3.33. The molecule has 1 rings (SSSR count). The second kappa shape index (κ2) is 7.83. The van der Waals surface area contributed by atoms with E-state index in [2.05, 4.69) is 23.1 Å². The van der Waals surface area contributed by atoms with Crippen molar-refractivity contribution in [2.75, 3.05) is 29.5 Å². The lowest BCUT2D eigenvalue weighted by Crippen LogP contribution is -2.26. The van der Waals surface area contributed by atoms with Crippen molar-refractivity contribution in [2.24, 2.45) is 0 Å². The Morgan fingerprint density at radius 2 is 1.70 bits per heavy atom. The van der Waals surface area contributed by atoms with E-state index in [0.29, 0.717) is 5.00 Å². The Balaban J connectivity index is 3.13. The van der Waals surface area contributed by atoms with E-state index in [1.165, 1.54) is 11.5 Å². The molecule has 0 amide bonds. The molecule has 0 fully saturated rings. The van der Waals surface area contributed by atoms with Crippen molar-refractivity contribution in [3.05, 3.63) is 0 Å². The summed E-state index contributed by atoms with van der Waals surface area (Å²) in [5.74, 6) is 0.197. The highest BCUT2D eigenvalue weighted by molar-refractivity contribution is 7.91. The largest absolute Gasteiger partial charge is 0.382 e. The molecule has 1 aromatic rings. The summed E-state index contributed by atoms with van der Waals surface area (Å²) in [6, 6.07) is 0. The second-order valence-corrected chi connectivity index (χ2v) is 7.77. The molecule has 0 radical (unpaired) electrons. The molecule has 0 aliphatic rings. The highest BCUT2D eigenvalue weighted by atomic mass is 32.2. The Hall–Kier alpha value is -0.820. The van der Waals surface area contributed by atoms with Gasteiger partial charge in [-0.2, -0.15) is 4.37 Å². The van der Waals surface area contributed by atoms with Crippen LogP contribution in [0.25, 0.3) is 0 Å². The maximum atomic E-state index is 12.2. The fourth-order valence-corrected chi connectivity index (χ4v) is 4.30. The van der Waals surface area contributed by atoms with Crippen LogP contribution in [0.15, 0.2) is 4.90 Å². The summed E-state index contributed by atoms with van der Waals surface area (Å²) >= 11 is 1.20. The van der Waals surface area contributed by atoms with Gasteiger partial charge in [0.25, 0.3) is 0 Å². The van der Waals surface area contributed by atoms with Gasteiger partial charge in [-0.1, -0.05) is 33.6 Å². The summed E-state index contributed by atoms with van der Waals surface area (Å²) in [6.07, 6.45) is 4.22. The maximum Gasteiger partial charge on any atom is 0.184 e. The summed E-state index contributed by atoms with van der Waals surface area (Å²) in [5, 5.41) is 0.714. The SMILES string of the molecule is CCCCN(CCCC)c1snc(N)c1S(=O)(=O)CC. The standard InChI is InChI=1S/C13H25N3O2S2/c1-4-7-9-16(10-8-5-2)13-11(12(14)15-19-13)20(17,18)6-3/h4-10H2,1-3H3,(H2,14,15). The Morgan fingerprint density at radius 3 is 2.15 bits per heavy atom. The smallest absolute Gasteiger partial charge is 0.184 e. The summed E-state index contributed by atoms with van der Waals surface area (Å²) < 4.78 is 28.5. The third-order valence-corrected chi connectivity index (χ3v) is 6.04. The van der Waals surface area contributed by atoms with E-state index in [0.717, 1.165) is 38.8 Å². The summed E-state index contributed by atoms with van der Waals surface area (Å²) in [5.41, 5.74) is 5.79. The third kappa shape index (κ3) is 4.09. The molecule has 0 aliphatic carbocycles. The van der Waals surface area contributed by atoms with Gasteiger partial charge in [-0.25, -0.2) is 8.42 Å². The summed E-state index contributed by atoms with van der Waals surface area (Å²) in [6.45, 7) is 7.60. The molecule has 0 unspecified atom stereocenters. The van der Waals surface area contributed by atoms with Crippen LogP contribution >= 0.6 is 11.5 Å². The Bertz CT molecular complexity index is 504. The van der Waals surface area contributed by atoms with Crippen LogP contribution in [0.5, 0.6) is 0 Å². The Morgan fingerprint density at radius 1 is 1.15 bits per heavy atom. The number of nitrogens with two attached hydrogens (primary N) is 1. The molecule has 0 saturated carbocycles. The molecule has 5 nitrogen and oxygen atoms in total. The monoisotopic (exact) mass is 319 g/mol. The van der Waals surface area contributed by atoms with E-state index in [1.54, 1.807) is 6.92 Å². The van der Waals surface area contributed by atoms with Crippen molar-refractivity contribution in [3.8, 4) is 0 Å². The van der Waals surface area contributed by atoms with Crippen LogP contribution < -0.4 is 10.6 Å². The Kier molecular flexibility index (Phi) is 6.75. The molecule has 0 atom stereocenters. The second-order valence-electron chi connectivity index (χ2n) is 4.80. The first-order chi connectivity index (χ1) is 9.47. The number of rotatable bonds is 9. The molecule has 0 aromatic carbocycles. The topological polar surface area (TPSA) is 76.3 Å². The van der Waals surface area contributed by atoms with Gasteiger partial charge in [0, 0.05) is 13.1 Å². The number of hydrogen-bond donors (Lipinski definition) is 1. The van der Waals surface area contributed by atoms with Crippen molar-refractivity contribution in [1.82, 2.24) is 4.37 Å². The lowest BCUT2D eigenvalue weighted by molar-refractivity contribution is 0.597. The van der Waals surface area contributed by atoms with Crippen LogP contribution in [0.3, 0.4) is 0 Å². The van der Waals surface area contributed by atoms with Gasteiger partial charge < -0.3 is 10.6 Å². The Labute approximate surface area is 126 Å². The molecule has 1 aromatic heterocycles. The predicted molar refractivity (Wildman–Crippen MR) is 86.3 cm³/mol. The van der Waals surface area contributed by atoms with Gasteiger partial charge in [0.15, 0.2) is 15.7 Å². The molecular formula is C13H25N3O2S2. The molecule has 116 valence electrons. The van der Waals surface area contributed by atoms with Crippen molar-refractivity contribution in [1.29, 1.82) is 0 Å². The van der Waals surface area contributed by atoms with Crippen LogP contribution in [0.2, 0.25) is 0 Å². The van der Waals surface area contributed by atoms with Gasteiger partial charge in [-0.15, -0.1) is 0 Å². The fraction of sp³-hybridized carbons (Fsp3) is 0.769. The van der Waals surface area contributed by atoms with Gasteiger partial charge in [0.2, 0.25) is 0 Å². The molecule has 0 aliphatic heterocycles. The van der Waals surface area contributed by atoms with E-state index in [1.807, 2.05) is 0 Å². The average Bonchev–Trinajstić information content (AvgIpc) is 2.81. The van der Waals surface area contributed by atoms with Crippen LogP contribution in [0.4, 0.5) is 10.8 Å². The first kappa shape index (κ1) is 17.2. The minimum absolute atomic E-state index is 0.0536. The van der Waals surface area contributed by atoms with Gasteiger partial charge in [0.1, 0.15) is 9.90 Å². The first-order valence-corrected chi connectivity index (χ1v) is 9.63. The van der Waals surface area contributed by atoms with Gasteiger partial charge in [-0.3, -0.25) is 0 Å². The number of hydrogen-bond acceptors (Lipinski definition) is 6. The highest BCUT2D eigenvalue weighted by Crippen LogP contribution is 2.35. The third-order valence-electron chi connectivity index (χ3n) is 3.20. The predicted octanol–water partition coefficient (Wildman–Crippen LogP) is 2.93. The van der Waals surface area contributed by atoms with E-state index in [9.17, 15) is 8.42 Å². The maximum absolute atomic E-state index is 12.2. The molecule has 2 N–H and O–H groups in total. The van der Waals surface area contributed by atoms with E-state index in [-0.39, 0.29) is 16.5 Å². The van der Waals surface area contributed by atoms with Crippen molar-refractivity contribution >= 4 is 32.2 Å². The summed E-state index contributed by atoms with van der Waals surface area (Å²) in [4.78, 5) is 2.36. The lowest BCUT2D eigenvalue weighted by Gasteiger charge is -2.23. The number of aromatic nitrogens is 1. The van der Waals surface area contributed by atoms with Gasteiger partial charge in [-0.05, 0) is 24.4 Å². The van der Waals surface area contributed by atoms with Crippen molar-refractivity contribution in [2.45, 2.75) is 51.3 Å². The minimum Gasteiger partial charge on any atom is -0.382 e. The van der Waals surface area contributed by atoms with Gasteiger partial charge in [0.05, 0.1) is 5.75 Å². The molecular weight excluding hydrogens is 294 g/mol. The van der Waals surface area contributed by atoms with Crippen molar-refractivity contribution in [3.63, 3.8) is 0 Å². The molecule has 7 heteroatoms. The normalized spacial score (nSPS) is 11.8. The zero-order valence-corrected chi connectivity index (χ0v) is 14.2. The fourth-order valence-electron chi connectivity index (χ4n) is 1.94. The average molecular weight is 319 g/mol. The van der Waals surface area contributed by atoms with Crippen molar-refractivity contribution < 1.29 is 8.42 Å². The van der Waals surface area contributed by atoms with E-state index < -0.39 is 9.84 Å². The number of anilines is 2. The lowest BCUT2D eigenvalue weighted by atomic mass is 10.2. The molecule has 0 saturated heterocycles. The highest BCUT2D eigenvalue weighted by Gasteiger charge is 2.26. The number of nitrogens with zero attached hydrogens (tertiary/aromatic N) is 2. The first-order valence-electron chi connectivity index (χ1n) is 7.20. The quantitative estimate of drug-likeness (QED) is 0.757. The van der Waals surface area contributed by atoms with Crippen LogP contribution in [-0.2, 0) is 9.84 Å². The molecule has 0 spiro atoms. The number of nitrogen functional groups attached to an aromatic ring is 1. The van der Waals surface area contributed by atoms with Crippen LogP contribution in [0.1, 0.15) is 46.5 Å². The zero-order chi connectivity index (χ0) is 15.2. The summed E-state index contributed by atoms with van der Waals surface area (Å²) in [7, 11) is -3.33. The zero-order valence-electron chi connectivity index (χ0n) is 12.6. The van der Waals surface area contributed by atoms with Crippen LogP contribution in [0, 0.1) is 0 Å². The number of unbranched alkanes of at least 4 members (excludes halogenated alkanes) is 2. The number of sulfone groups is 1. The van der Waals surface area contributed by atoms with E-state index in [4.69, 9.17) is 5.73 Å². The van der Waals surface area contributed by atoms with Gasteiger partial charge >= 0.3 is 0 Å². The molecule has 20 heavy (non-hydrogen) atoms.